The molecule has 178 valence electrons. The monoisotopic (exact) mass is 423 g/mol. The molecule has 0 radical (unpaired) electrons. The molecule has 0 rings (SSSR count). The molecular weight excluding hydrogens is 370 g/mol. The number of carbonyl (C=O) groups is 1. The summed E-state index contributed by atoms with van der Waals surface area (Å²) in [6, 6.07) is 0. The Hall–Kier alpha value is -0.830. The van der Waals surface area contributed by atoms with Gasteiger partial charge in [-0.1, -0.05) is 110 Å². The van der Waals surface area contributed by atoms with E-state index in [1.54, 1.807) is 0 Å². The van der Waals surface area contributed by atoms with Gasteiger partial charge in [0, 0.05) is 6.08 Å². The number of nitrogens with zero attached hydrogens (tertiary/aromatic N) is 1. The van der Waals surface area contributed by atoms with Gasteiger partial charge < -0.3 is 9.64 Å². The summed E-state index contributed by atoms with van der Waals surface area (Å²) in [7, 11) is 0. The van der Waals surface area contributed by atoms with Crippen molar-refractivity contribution in [3.05, 3.63) is 12.7 Å². The van der Waals surface area contributed by atoms with Gasteiger partial charge in [0.1, 0.15) is 0 Å². The normalized spacial score (nSPS) is 11.2. The van der Waals surface area contributed by atoms with E-state index in [2.05, 4.69) is 25.3 Å². The maximum Gasteiger partial charge on any atom is 0.330 e. The molecule has 3 nitrogen and oxygen atoms in total. The van der Waals surface area contributed by atoms with Crippen molar-refractivity contribution in [2.45, 2.75) is 129 Å². The number of carbonyl (C=O) groups excluding carboxylic acids is 1. The van der Waals surface area contributed by atoms with Crippen molar-refractivity contribution in [2.75, 3.05) is 26.2 Å². The molecule has 0 aromatic heterocycles. The molecule has 0 aromatic rings. The highest BCUT2D eigenvalue weighted by molar-refractivity contribution is 5.81. The molecule has 3 heteroatoms. The highest BCUT2D eigenvalue weighted by Gasteiger charge is 2.03. The Morgan fingerprint density at radius 3 is 1.40 bits per heavy atom. The van der Waals surface area contributed by atoms with Crippen molar-refractivity contribution in [3.8, 4) is 0 Å². The molecule has 0 atom stereocenters. The van der Waals surface area contributed by atoms with Gasteiger partial charge in [0.05, 0.1) is 6.61 Å². The number of ether oxygens (including phenoxy) is 1. The summed E-state index contributed by atoms with van der Waals surface area (Å²) in [6.07, 6.45) is 25.4. The summed E-state index contributed by atoms with van der Waals surface area (Å²) in [5.41, 5.74) is 0. The van der Waals surface area contributed by atoms with Crippen LogP contribution in [0.25, 0.3) is 0 Å². The molecule has 0 bridgehead atoms. The van der Waals surface area contributed by atoms with E-state index in [0.717, 1.165) is 6.42 Å². The van der Waals surface area contributed by atoms with Crippen LogP contribution in [0.1, 0.15) is 129 Å². The second-order valence-corrected chi connectivity index (χ2v) is 8.87. The highest BCUT2D eigenvalue weighted by atomic mass is 16.5. The van der Waals surface area contributed by atoms with E-state index in [1.165, 1.54) is 135 Å². The van der Waals surface area contributed by atoms with E-state index in [1.807, 2.05) is 0 Å². The fourth-order valence-electron chi connectivity index (χ4n) is 3.89. The van der Waals surface area contributed by atoms with Gasteiger partial charge in [0.15, 0.2) is 0 Å². The number of unbranched alkanes of at least 4 members (excludes halogenated alkanes) is 15. The lowest BCUT2D eigenvalue weighted by molar-refractivity contribution is -0.137. The minimum absolute atomic E-state index is 0.300. The van der Waals surface area contributed by atoms with Crippen LogP contribution in [0, 0.1) is 0 Å². The minimum Gasteiger partial charge on any atom is -0.463 e. The van der Waals surface area contributed by atoms with Gasteiger partial charge in [-0.2, -0.15) is 0 Å². The van der Waals surface area contributed by atoms with Crippen molar-refractivity contribution in [3.63, 3.8) is 0 Å². The predicted octanol–water partition coefficient (Wildman–Crippen LogP) is 8.08. The fraction of sp³-hybridized carbons (Fsp3) is 0.889. The number of rotatable bonds is 24. The Morgan fingerprint density at radius 2 is 1.00 bits per heavy atom. The Balaban J connectivity index is 3.26. The second kappa shape index (κ2) is 24.4. The molecule has 0 aliphatic rings. The molecular formula is C27H53NO2. The van der Waals surface area contributed by atoms with Crippen molar-refractivity contribution in [2.24, 2.45) is 0 Å². The minimum atomic E-state index is -0.300. The second-order valence-electron chi connectivity index (χ2n) is 8.87. The molecule has 30 heavy (non-hydrogen) atoms. The van der Waals surface area contributed by atoms with Crippen LogP contribution in [0.3, 0.4) is 0 Å². The summed E-state index contributed by atoms with van der Waals surface area (Å²) in [5, 5.41) is 0. The predicted molar refractivity (Wildman–Crippen MR) is 132 cm³/mol. The molecule has 0 heterocycles. The summed E-state index contributed by atoms with van der Waals surface area (Å²) in [5.74, 6) is -0.300. The molecule has 0 unspecified atom stereocenters. The highest BCUT2D eigenvalue weighted by Crippen LogP contribution is 2.13. The molecule has 0 spiro atoms. The van der Waals surface area contributed by atoms with E-state index in [-0.39, 0.29) is 5.97 Å². The van der Waals surface area contributed by atoms with E-state index in [0.29, 0.717) is 6.61 Å². The van der Waals surface area contributed by atoms with Gasteiger partial charge >= 0.3 is 5.97 Å². The molecule has 0 saturated carbocycles. The Kier molecular flexibility index (Phi) is 23.8. The third kappa shape index (κ3) is 21.9. The average Bonchev–Trinajstić information content (AvgIpc) is 2.76. The van der Waals surface area contributed by atoms with Crippen molar-refractivity contribution >= 4 is 5.97 Å². The molecule has 0 fully saturated rings. The van der Waals surface area contributed by atoms with Gasteiger partial charge in [-0.05, 0) is 45.3 Å². The summed E-state index contributed by atoms with van der Waals surface area (Å²) < 4.78 is 4.98. The van der Waals surface area contributed by atoms with Crippen LogP contribution in [-0.4, -0.2) is 37.1 Å². The maximum absolute atomic E-state index is 10.9. The first kappa shape index (κ1) is 29.2. The van der Waals surface area contributed by atoms with Gasteiger partial charge in [-0.25, -0.2) is 4.79 Å². The molecule has 0 aliphatic carbocycles. The Morgan fingerprint density at radius 1 is 0.633 bits per heavy atom. The molecule has 0 N–H and O–H groups in total. The molecule has 0 aromatic carbocycles. The van der Waals surface area contributed by atoms with Crippen LogP contribution < -0.4 is 0 Å². The van der Waals surface area contributed by atoms with Crippen LogP contribution >= 0.6 is 0 Å². The van der Waals surface area contributed by atoms with Crippen LogP contribution in [0.2, 0.25) is 0 Å². The van der Waals surface area contributed by atoms with Crippen LogP contribution in [0.15, 0.2) is 12.7 Å². The summed E-state index contributed by atoms with van der Waals surface area (Å²) in [6.45, 7) is 12.5. The zero-order chi connectivity index (χ0) is 22.1. The third-order valence-electron chi connectivity index (χ3n) is 5.94. The largest absolute Gasteiger partial charge is 0.463 e. The van der Waals surface area contributed by atoms with Gasteiger partial charge in [0.25, 0.3) is 0 Å². The zero-order valence-corrected chi connectivity index (χ0v) is 20.6. The topological polar surface area (TPSA) is 29.5 Å². The first-order chi connectivity index (χ1) is 14.7. The standard InChI is InChI=1S/C27H53NO2/c1-4-7-23-28(24-8-5-2)25-21-19-17-15-13-11-9-10-12-14-16-18-20-22-26-30-27(29)6-3/h6H,3-5,7-26H2,1-2H3. The first-order valence-corrected chi connectivity index (χ1v) is 13.3. The molecule has 0 amide bonds. The molecule has 0 saturated heterocycles. The lowest BCUT2D eigenvalue weighted by atomic mass is 10.0. The van der Waals surface area contributed by atoms with Crippen LogP contribution in [0.4, 0.5) is 0 Å². The van der Waals surface area contributed by atoms with E-state index in [9.17, 15) is 4.79 Å². The van der Waals surface area contributed by atoms with Crippen molar-refractivity contribution < 1.29 is 9.53 Å². The van der Waals surface area contributed by atoms with Gasteiger partial charge in [-0.3, -0.25) is 0 Å². The quantitative estimate of drug-likeness (QED) is 0.0892. The summed E-state index contributed by atoms with van der Waals surface area (Å²) >= 11 is 0. The third-order valence-corrected chi connectivity index (χ3v) is 5.94. The SMILES string of the molecule is C=CC(=O)OCCCCCCCCCCCCCCCCN(CCCC)CCCC. The maximum atomic E-state index is 10.9. The first-order valence-electron chi connectivity index (χ1n) is 13.3. The van der Waals surface area contributed by atoms with Gasteiger partial charge in [0.2, 0.25) is 0 Å². The average molecular weight is 424 g/mol. The smallest absolute Gasteiger partial charge is 0.330 e. The lowest BCUT2D eigenvalue weighted by Gasteiger charge is -2.21. The van der Waals surface area contributed by atoms with E-state index < -0.39 is 0 Å². The molecule has 0 aliphatic heterocycles. The Labute approximate surface area is 189 Å². The van der Waals surface area contributed by atoms with Gasteiger partial charge in [-0.15, -0.1) is 0 Å². The Bertz CT molecular complexity index is 362. The zero-order valence-electron chi connectivity index (χ0n) is 20.6. The number of hydrogen-bond donors (Lipinski definition) is 0. The van der Waals surface area contributed by atoms with Crippen LogP contribution in [-0.2, 0) is 9.53 Å². The van der Waals surface area contributed by atoms with Crippen LogP contribution in [0.5, 0.6) is 0 Å². The van der Waals surface area contributed by atoms with Crippen molar-refractivity contribution in [1.82, 2.24) is 4.90 Å². The number of hydrogen-bond acceptors (Lipinski definition) is 3. The fourth-order valence-corrected chi connectivity index (χ4v) is 3.89. The van der Waals surface area contributed by atoms with E-state index >= 15 is 0 Å². The lowest BCUT2D eigenvalue weighted by Crippen LogP contribution is -2.27. The van der Waals surface area contributed by atoms with E-state index in [4.69, 9.17) is 4.74 Å². The van der Waals surface area contributed by atoms with Crippen molar-refractivity contribution in [1.29, 1.82) is 0 Å². The summed E-state index contributed by atoms with van der Waals surface area (Å²) in [4.78, 5) is 13.6. The number of esters is 1.